The molecular formula is C9H7F3N2O6. The van der Waals surface area contributed by atoms with Crippen LogP contribution in [0.3, 0.4) is 0 Å². The highest BCUT2D eigenvalue weighted by molar-refractivity contribution is 5.72. The molecule has 1 aromatic rings. The molecule has 0 atom stereocenters. The van der Waals surface area contributed by atoms with Crippen molar-refractivity contribution in [1.82, 2.24) is 4.98 Å². The minimum Gasteiger partial charge on any atom is -0.496 e. The third-order valence-corrected chi connectivity index (χ3v) is 1.98. The summed E-state index contributed by atoms with van der Waals surface area (Å²) in [6, 6.07) is 0.710. The molecule has 0 spiro atoms. The van der Waals surface area contributed by atoms with Gasteiger partial charge < -0.3 is 24.7 Å². The molecule has 0 bridgehead atoms. The van der Waals surface area contributed by atoms with Crippen molar-refractivity contribution in [3.05, 3.63) is 21.7 Å². The number of carboxylic acid groups (broad SMARTS) is 1. The average Bonchev–Trinajstić information content (AvgIpc) is 2.28. The Labute approximate surface area is 108 Å². The molecule has 0 aromatic carbocycles. The van der Waals surface area contributed by atoms with Gasteiger partial charge >= 0.3 is 24.0 Å². The van der Waals surface area contributed by atoms with E-state index in [0.29, 0.717) is 6.07 Å². The van der Waals surface area contributed by atoms with Gasteiger partial charge in [-0.2, -0.15) is 0 Å². The first kappa shape index (κ1) is 15.5. The van der Waals surface area contributed by atoms with Crippen molar-refractivity contribution in [2.45, 2.75) is 12.8 Å². The first-order valence-electron chi connectivity index (χ1n) is 4.84. The first-order chi connectivity index (χ1) is 9.14. The number of hydrogen-bond donors (Lipinski definition) is 1. The zero-order chi connectivity index (χ0) is 15.5. The van der Waals surface area contributed by atoms with E-state index in [0.717, 1.165) is 7.11 Å². The Balaban J connectivity index is 3.43. The maximum atomic E-state index is 12.2. The maximum Gasteiger partial charge on any atom is 0.575 e. The number of carboxylic acids is 1. The molecule has 1 heterocycles. The number of rotatable bonds is 5. The lowest BCUT2D eigenvalue weighted by atomic mass is 10.1. The summed E-state index contributed by atoms with van der Waals surface area (Å²) in [4.78, 5) is 23.1. The van der Waals surface area contributed by atoms with Crippen molar-refractivity contribution in [3.8, 4) is 11.6 Å². The molecule has 0 unspecified atom stereocenters. The maximum absolute atomic E-state index is 12.2. The topological polar surface area (TPSA) is 112 Å². The quantitative estimate of drug-likeness (QED) is 0.647. The molecule has 1 aromatic heterocycles. The Hall–Kier alpha value is -2.59. The van der Waals surface area contributed by atoms with Crippen LogP contribution in [0.15, 0.2) is 6.07 Å². The van der Waals surface area contributed by atoms with E-state index in [1.165, 1.54) is 0 Å². The van der Waals surface area contributed by atoms with E-state index in [1.54, 1.807) is 0 Å². The molecule has 0 saturated carbocycles. The number of halogens is 3. The van der Waals surface area contributed by atoms with Gasteiger partial charge in [-0.05, 0) is 4.92 Å². The number of alkyl halides is 3. The van der Waals surface area contributed by atoms with Crippen LogP contribution in [0.25, 0.3) is 0 Å². The molecule has 0 amide bonds. The second kappa shape index (κ2) is 5.59. The van der Waals surface area contributed by atoms with E-state index in [-0.39, 0.29) is 0 Å². The van der Waals surface area contributed by atoms with Crippen molar-refractivity contribution in [2.24, 2.45) is 0 Å². The highest BCUT2D eigenvalue weighted by Gasteiger charge is 2.37. The van der Waals surface area contributed by atoms with E-state index in [1.807, 2.05) is 0 Å². The van der Waals surface area contributed by atoms with Crippen LogP contribution < -0.4 is 9.47 Å². The molecule has 0 fully saturated rings. The lowest BCUT2D eigenvalue weighted by molar-refractivity contribution is -0.390. The van der Waals surface area contributed by atoms with Gasteiger partial charge in [-0.3, -0.25) is 4.79 Å². The van der Waals surface area contributed by atoms with Gasteiger partial charge in [0.25, 0.3) is 0 Å². The summed E-state index contributed by atoms with van der Waals surface area (Å²) in [5, 5.41) is 19.2. The van der Waals surface area contributed by atoms with Crippen LogP contribution in [0.4, 0.5) is 19.0 Å². The summed E-state index contributed by atoms with van der Waals surface area (Å²) in [7, 11) is 1.02. The number of carbonyl (C=O) groups is 1. The fourth-order valence-corrected chi connectivity index (χ4v) is 1.30. The van der Waals surface area contributed by atoms with Crippen molar-refractivity contribution in [3.63, 3.8) is 0 Å². The van der Waals surface area contributed by atoms with E-state index < -0.39 is 46.7 Å². The third kappa shape index (κ3) is 3.96. The zero-order valence-electron chi connectivity index (χ0n) is 9.80. The summed E-state index contributed by atoms with van der Waals surface area (Å²) < 4.78 is 44.8. The fourth-order valence-electron chi connectivity index (χ4n) is 1.30. The van der Waals surface area contributed by atoms with Crippen LogP contribution in [0.5, 0.6) is 11.6 Å². The smallest absolute Gasteiger partial charge is 0.496 e. The summed E-state index contributed by atoms with van der Waals surface area (Å²) in [5.41, 5.74) is -0.553. The number of nitrogens with zero attached hydrogens (tertiary/aromatic N) is 2. The molecule has 20 heavy (non-hydrogen) atoms. The highest BCUT2D eigenvalue weighted by Crippen LogP contribution is 2.34. The second-order valence-corrected chi connectivity index (χ2v) is 3.34. The lowest BCUT2D eigenvalue weighted by Gasteiger charge is -2.11. The van der Waals surface area contributed by atoms with Gasteiger partial charge in [0.1, 0.15) is 5.75 Å². The SMILES string of the molecule is COc1cc([N+](=O)[O-])nc(OC(F)(F)F)c1CC(=O)O. The normalized spacial score (nSPS) is 11.0. The molecule has 0 aliphatic carbocycles. The molecular weight excluding hydrogens is 289 g/mol. The van der Waals surface area contributed by atoms with E-state index in [2.05, 4.69) is 14.5 Å². The number of aromatic nitrogens is 1. The van der Waals surface area contributed by atoms with Crippen molar-refractivity contribution >= 4 is 11.8 Å². The molecule has 1 N–H and O–H groups in total. The zero-order valence-corrected chi connectivity index (χ0v) is 9.80. The first-order valence-corrected chi connectivity index (χ1v) is 4.84. The van der Waals surface area contributed by atoms with Crippen molar-refractivity contribution in [2.75, 3.05) is 7.11 Å². The van der Waals surface area contributed by atoms with Gasteiger partial charge in [-0.1, -0.05) is 0 Å². The van der Waals surface area contributed by atoms with Crippen molar-refractivity contribution < 1.29 is 37.5 Å². The molecule has 0 saturated heterocycles. The molecule has 1 rings (SSSR count). The average molecular weight is 296 g/mol. The Kier molecular flexibility index (Phi) is 4.32. The minimum absolute atomic E-state index is 0.437. The van der Waals surface area contributed by atoms with Crippen LogP contribution in [0, 0.1) is 10.1 Å². The number of pyridine rings is 1. The van der Waals surface area contributed by atoms with Gasteiger partial charge in [0.15, 0.2) is 0 Å². The van der Waals surface area contributed by atoms with Gasteiger partial charge in [0.05, 0.1) is 25.2 Å². The van der Waals surface area contributed by atoms with Crippen LogP contribution >= 0.6 is 0 Å². The molecule has 0 aliphatic heterocycles. The molecule has 11 heteroatoms. The van der Waals surface area contributed by atoms with Crippen LogP contribution in [-0.4, -0.2) is 34.5 Å². The summed E-state index contributed by atoms with van der Waals surface area (Å²) in [6.07, 6.45) is -6.08. The number of ether oxygens (including phenoxy) is 2. The highest BCUT2D eigenvalue weighted by atomic mass is 19.4. The summed E-state index contributed by atoms with van der Waals surface area (Å²) >= 11 is 0. The number of aliphatic carboxylic acids is 1. The van der Waals surface area contributed by atoms with E-state index in [4.69, 9.17) is 5.11 Å². The largest absolute Gasteiger partial charge is 0.575 e. The number of nitro groups is 1. The van der Waals surface area contributed by atoms with Crippen LogP contribution in [-0.2, 0) is 11.2 Å². The summed E-state index contributed by atoms with van der Waals surface area (Å²) in [6.45, 7) is 0. The van der Waals surface area contributed by atoms with Crippen LogP contribution in [0.1, 0.15) is 5.56 Å². The van der Waals surface area contributed by atoms with Gasteiger partial charge in [0, 0.05) is 4.98 Å². The van der Waals surface area contributed by atoms with Gasteiger partial charge in [-0.25, -0.2) is 0 Å². The van der Waals surface area contributed by atoms with E-state index >= 15 is 0 Å². The lowest BCUT2D eigenvalue weighted by Crippen LogP contribution is -2.20. The van der Waals surface area contributed by atoms with Gasteiger partial charge in [-0.15, -0.1) is 13.2 Å². The second-order valence-electron chi connectivity index (χ2n) is 3.34. The predicted molar refractivity (Wildman–Crippen MR) is 55.5 cm³/mol. The fraction of sp³-hybridized carbons (Fsp3) is 0.333. The van der Waals surface area contributed by atoms with E-state index in [9.17, 15) is 28.1 Å². The van der Waals surface area contributed by atoms with Gasteiger partial charge in [0.2, 0.25) is 0 Å². The Bertz CT molecular complexity index is 545. The molecule has 0 radical (unpaired) electrons. The van der Waals surface area contributed by atoms with Crippen molar-refractivity contribution in [1.29, 1.82) is 0 Å². The summed E-state index contributed by atoms with van der Waals surface area (Å²) in [5.74, 6) is -4.11. The molecule has 110 valence electrons. The monoisotopic (exact) mass is 296 g/mol. The number of methoxy groups -OCH3 is 1. The molecule has 8 nitrogen and oxygen atoms in total. The number of hydrogen-bond acceptors (Lipinski definition) is 6. The van der Waals surface area contributed by atoms with Crippen LogP contribution in [0.2, 0.25) is 0 Å². The third-order valence-electron chi connectivity index (χ3n) is 1.98. The predicted octanol–water partition coefficient (Wildman–Crippen LogP) is 1.52. The minimum atomic E-state index is -5.18. The standard InChI is InChI=1S/C9H7F3N2O6/c1-19-5-3-6(14(17)18)13-8(20-9(10,11)12)4(5)2-7(15)16/h3H,2H2,1H3,(H,15,16). The Morgan fingerprint density at radius 3 is 2.55 bits per heavy atom. The molecule has 0 aliphatic rings. The Morgan fingerprint density at radius 2 is 2.15 bits per heavy atom. The Morgan fingerprint density at radius 1 is 1.55 bits per heavy atom.